The van der Waals surface area contributed by atoms with Crippen molar-refractivity contribution in [1.82, 2.24) is 15.0 Å². The van der Waals surface area contributed by atoms with Gasteiger partial charge in [0.1, 0.15) is 17.9 Å². The molecule has 1 aliphatic rings. The van der Waals surface area contributed by atoms with E-state index in [0.717, 1.165) is 22.4 Å². The van der Waals surface area contributed by atoms with Gasteiger partial charge >= 0.3 is 12.1 Å². The Morgan fingerprint density at radius 2 is 1.73 bits per heavy atom. The Labute approximate surface area is 236 Å². The summed E-state index contributed by atoms with van der Waals surface area (Å²) in [5.41, 5.74) is -0.587. The summed E-state index contributed by atoms with van der Waals surface area (Å²) in [5.74, 6) is -3.64. The number of fused-ring (bicyclic) bond motifs is 1. The van der Waals surface area contributed by atoms with Gasteiger partial charge in [-0.3, -0.25) is 14.4 Å². The summed E-state index contributed by atoms with van der Waals surface area (Å²) in [6.45, 7) is 0.0979. The lowest BCUT2D eigenvalue weighted by Crippen LogP contribution is -2.34. The lowest BCUT2D eigenvalue weighted by Gasteiger charge is -2.20. The molecule has 4 aromatic rings. The number of Topliss-reactive ketones (excluding diaryl/α,β-unsaturated/α-hetero) is 1. The maximum absolute atomic E-state index is 13.3. The van der Waals surface area contributed by atoms with E-state index < -0.39 is 41.0 Å². The van der Waals surface area contributed by atoms with Crippen molar-refractivity contribution in [3.63, 3.8) is 0 Å². The van der Waals surface area contributed by atoms with Crippen LogP contribution in [-0.4, -0.2) is 31.9 Å². The van der Waals surface area contributed by atoms with Gasteiger partial charge < -0.3 is 9.84 Å². The van der Waals surface area contributed by atoms with E-state index in [-0.39, 0.29) is 29.7 Å². The fourth-order valence-corrected chi connectivity index (χ4v) is 5.35. The predicted molar refractivity (Wildman–Crippen MR) is 143 cm³/mol. The smallest absolute Gasteiger partial charge is 0.416 e. The van der Waals surface area contributed by atoms with Crippen LogP contribution in [0.1, 0.15) is 34.3 Å². The molecular formula is C29H23ClF3N3O5. The van der Waals surface area contributed by atoms with E-state index >= 15 is 0 Å². The zero-order chi connectivity index (χ0) is 29.3. The third-order valence-corrected chi connectivity index (χ3v) is 7.58. The summed E-state index contributed by atoms with van der Waals surface area (Å²) in [4.78, 5) is 38.6. The zero-order valence-corrected chi connectivity index (χ0v) is 22.1. The number of carbonyl (C=O) groups excluding carboxylic acids is 1. The van der Waals surface area contributed by atoms with Gasteiger partial charge in [-0.2, -0.15) is 13.2 Å². The van der Waals surface area contributed by atoms with E-state index in [9.17, 15) is 32.7 Å². The monoisotopic (exact) mass is 585 g/mol. The molecule has 41 heavy (non-hydrogen) atoms. The van der Waals surface area contributed by atoms with E-state index in [1.165, 1.54) is 0 Å². The van der Waals surface area contributed by atoms with Crippen molar-refractivity contribution in [3.05, 3.63) is 98.8 Å². The number of hydrogen-bond acceptors (Lipinski definition) is 6. The van der Waals surface area contributed by atoms with E-state index in [1.807, 2.05) is 12.1 Å². The van der Waals surface area contributed by atoms with Crippen LogP contribution in [0.2, 0.25) is 5.02 Å². The second kappa shape index (κ2) is 11.3. The van der Waals surface area contributed by atoms with Crippen molar-refractivity contribution >= 4 is 34.3 Å². The molecule has 1 N–H and O–H groups in total. The molecular weight excluding hydrogens is 563 g/mol. The number of benzene rings is 3. The third-order valence-electron chi connectivity index (χ3n) is 7.33. The normalized spacial score (nSPS) is 18.9. The van der Waals surface area contributed by atoms with Gasteiger partial charge in [0.2, 0.25) is 0 Å². The fourth-order valence-electron chi connectivity index (χ4n) is 5.23. The molecule has 0 radical (unpaired) electrons. The van der Waals surface area contributed by atoms with Crippen LogP contribution in [0.4, 0.5) is 13.2 Å². The van der Waals surface area contributed by atoms with Gasteiger partial charge in [-0.05, 0) is 78.9 Å². The van der Waals surface area contributed by atoms with E-state index in [0.29, 0.717) is 35.4 Å². The summed E-state index contributed by atoms with van der Waals surface area (Å²) in [5, 5.41) is 18.0. The Hall–Kier alpha value is -4.25. The van der Waals surface area contributed by atoms with Gasteiger partial charge in [-0.25, -0.2) is 4.68 Å². The summed E-state index contributed by atoms with van der Waals surface area (Å²) in [6.07, 6.45) is -4.07. The van der Waals surface area contributed by atoms with Gasteiger partial charge in [0.05, 0.1) is 23.4 Å². The molecule has 212 valence electrons. The molecule has 3 aromatic carbocycles. The minimum absolute atomic E-state index is 0.00546. The van der Waals surface area contributed by atoms with Crippen LogP contribution in [0.25, 0.3) is 10.9 Å². The molecule has 1 aromatic heterocycles. The van der Waals surface area contributed by atoms with Crippen LogP contribution in [0.15, 0.2) is 71.5 Å². The number of aromatic nitrogens is 3. The predicted octanol–water partition coefficient (Wildman–Crippen LogP) is 5.65. The first-order chi connectivity index (χ1) is 19.5. The second-order valence-corrected chi connectivity index (χ2v) is 10.4. The molecule has 1 aliphatic carbocycles. The highest BCUT2D eigenvalue weighted by Gasteiger charge is 2.45. The SMILES string of the molecule is O=C(c1ccc(OCc2ccc(Cl)cc2)cc1)C1CCC(Cn2nnc3ccc(C(F)(F)F)cc3c2=O)C1C(=O)O. The highest BCUT2D eigenvalue weighted by atomic mass is 35.5. The summed E-state index contributed by atoms with van der Waals surface area (Å²) < 4.78 is 46.1. The van der Waals surface area contributed by atoms with Crippen molar-refractivity contribution in [2.75, 3.05) is 0 Å². The third kappa shape index (κ3) is 6.09. The number of hydrogen-bond donors (Lipinski definition) is 1. The number of alkyl halides is 3. The quantitative estimate of drug-likeness (QED) is 0.266. The molecule has 8 nitrogen and oxygen atoms in total. The number of carboxylic acid groups (broad SMARTS) is 1. The maximum atomic E-state index is 13.3. The summed E-state index contributed by atoms with van der Waals surface area (Å²) in [6, 6.07) is 16.2. The molecule has 1 saturated carbocycles. The highest BCUT2D eigenvalue weighted by Crippen LogP contribution is 2.40. The molecule has 3 unspecified atom stereocenters. The molecule has 0 spiro atoms. The van der Waals surface area contributed by atoms with Crippen LogP contribution in [-0.2, 0) is 24.1 Å². The van der Waals surface area contributed by atoms with E-state index in [1.54, 1.807) is 36.4 Å². The van der Waals surface area contributed by atoms with Crippen molar-refractivity contribution in [2.45, 2.75) is 32.2 Å². The number of rotatable bonds is 8. The van der Waals surface area contributed by atoms with Gasteiger partial charge in [0.25, 0.3) is 5.56 Å². The Bertz CT molecular complexity index is 1660. The standard InChI is InChI=1S/C29H23ClF3N3O5/c30-20-7-1-16(2-8-20)15-41-21-9-3-17(4-10-21)26(37)22-11-5-18(25(22)28(39)40)14-36-27(38)23-13-19(29(31,32)33)6-12-24(23)34-35-36/h1-4,6-10,12-13,18,22,25H,5,11,14-15H2,(H,39,40). The Balaban J connectivity index is 1.30. The van der Waals surface area contributed by atoms with Gasteiger partial charge in [0, 0.05) is 16.5 Å². The number of halogens is 4. The average Bonchev–Trinajstić information content (AvgIpc) is 3.37. The van der Waals surface area contributed by atoms with E-state index in [2.05, 4.69) is 10.3 Å². The topological polar surface area (TPSA) is 111 Å². The Kier molecular flexibility index (Phi) is 7.81. The summed E-state index contributed by atoms with van der Waals surface area (Å²) in [7, 11) is 0. The van der Waals surface area contributed by atoms with Crippen molar-refractivity contribution < 1.29 is 32.6 Å². The largest absolute Gasteiger partial charge is 0.489 e. The lowest BCUT2D eigenvalue weighted by atomic mass is 9.84. The number of nitrogens with zero attached hydrogens (tertiary/aromatic N) is 3. The molecule has 0 aliphatic heterocycles. The van der Waals surface area contributed by atoms with Gasteiger partial charge in [-0.1, -0.05) is 28.9 Å². The molecule has 0 saturated heterocycles. The number of ether oxygens (including phenoxy) is 1. The van der Waals surface area contributed by atoms with Crippen LogP contribution in [0, 0.1) is 17.8 Å². The van der Waals surface area contributed by atoms with Gasteiger partial charge in [0.15, 0.2) is 5.78 Å². The van der Waals surface area contributed by atoms with Crippen molar-refractivity contribution in [2.24, 2.45) is 17.8 Å². The van der Waals surface area contributed by atoms with Crippen LogP contribution in [0.5, 0.6) is 5.75 Å². The van der Waals surface area contributed by atoms with Crippen molar-refractivity contribution in [1.29, 1.82) is 0 Å². The van der Waals surface area contributed by atoms with Crippen LogP contribution in [0.3, 0.4) is 0 Å². The van der Waals surface area contributed by atoms with Crippen LogP contribution < -0.4 is 10.3 Å². The molecule has 0 amide bonds. The number of aliphatic carboxylic acids is 1. The average molecular weight is 586 g/mol. The van der Waals surface area contributed by atoms with Gasteiger partial charge in [-0.15, -0.1) is 5.10 Å². The molecule has 1 heterocycles. The Morgan fingerprint density at radius 1 is 1.02 bits per heavy atom. The first kappa shape index (κ1) is 28.3. The molecule has 1 fully saturated rings. The number of carboxylic acids is 1. The van der Waals surface area contributed by atoms with Crippen LogP contribution >= 0.6 is 11.6 Å². The molecule has 5 rings (SSSR count). The lowest BCUT2D eigenvalue weighted by molar-refractivity contribution is -0.144. The second-order valence-electron chi connectivity index (χ2n) is 9.92. The first-order valence-corrected chi connectivity index (χ1v) is 13.1. The Morgan fingerprint density at radius 3 is 2.39 bits per heavy atom. The van der Waals surface area contributed by atoms with E-state index in [4.69, 9.17) is 16.3 Å². The summed E-state index contributed by atoms with van der Waals surface area (Å²) >= 11 is 5.89. The fraction of sp³-hybridized carbons (Fsp3) is 0.276. The zero-order valence-electron chi connectivity index (χ0n) is 21.3. The number of carbonyl (C=O) groups is 2. The molecule has 0 bridgehead atoms. The molecule has 12 heteroatoms. The number of ketones is 1. The minimum Gasteiger partial charge on any atom is -0.489 e. The van der Waals surface area contributed by atoms with Crippen molar-refractivity contribution in [3.8, 4) is 5.75 Å². The molecule has 3 atom stereocenters. The highest BCUT2D eigenvalue weighted by molar-refractivity contribution is 6.30. The maximum Gasteiger partial charge on any atom is 0.416 e. The first-order valence-electron chi connectivity index (χ1n) is 12.7. The minimum atomic E-state index is -4.65.